The van der Waals surface area contributed by atoms with Crippen LogP contribution in [0.1, 0.15) is 55.7 Å². The molecule has 1 aliphatic heterocycles. The van der Waals surface area contributed by atoms with E-state index in [0.717, 1.165) is 30.7 Å². The minimum atomic E-state index is -0.159. The molecule has 1 amide bonds. The molecular formula is C23H27NO2. The van der Waals surface area contributed by atoms with Crippen molar-refractivity contribution in [3.63, 3.8) is 0 Å². The highest BCUT2D eigenvalue weighted by atomic mass is 16.6. The Morgan fingerprint density at radius 1 is 0.923 bits per heavy atom. The summed E-state index contributed by atoms with van der Waals surface area (Å²) in [5.41, 5.74) is 2.27. The van der Waals surface area contributed by atoms with Crippen molar-refractivity contribution in [2.24, 2.45) is 5.92 Å². The predicted octanol–water partition coefficient (Wildman–Crippen LogP) is 5.72. The zero-order valence-electron chi connectivity index (χ0n) is 15.2. The van der Waals surface area contributed by atoms with Crippen molar-refractivity contribution in [1.82, 2.24) is 4.90 Å². The van der Waals surface area contributed by atoms with Crippen molar-refractivity contribution in [1.29, 1.82) is 0 Å². The Morgan fingerprint density at radius 2 is 1.62 bits per heavy atom. The van der Waals surface area contributed by atoms with Crippen molar-refractivity contribution in [3.8, 4) is 0 Å². The van der Waals surface area contributed by atoms with Crippen LogP contribution in [0.2, 0.25) is 0 Å². The van der Waals surface area contributed by atoms with Crippen LogP contribution < -0.4 is 0 Å². The topological polar surface area (TPSA) is 29.5 Å². The van der Waals surface area contributed by atoms with Crippen LogP contribution in [0, 0.1) is 5.92 Å². The lowest BCUT2D eigenvalue weighted by Crippen LogP contribution is -2.47. The highest BCUT2D eigenvalue weighted by Gasteiger charge is 2.40. The molecule has 1 aliphatic carbocycles. The molecule has 1 saturated carbocycles. The molecule has 136 valence electrons. The molecule has 1 heterocycles. The summed E-state index contributed by atoms with van der Waals surface area (Å²) >= 11 is 0. The third-order valence-corrected chi connectivity index (χ3v) is 5.89. The smallest absolute Gasteiger partial charge is 0.410 e. The predicted molar refractivity (Wildman–Crippen MR) is 103 cm³/mol. The summed E-state index contributed by atoms with van der Waals surface area (Å²) < 4.78 is 5.74. The van der Waals surface area contributed by atoms with Crippen LogP contribution in [0.15, 0.2) is 60.7 Å². The minimum absolute atomic E-state index is 0.140. The Bertz CT molecular complexity index is 716. The van der Waals surface area contributed by atoms with E-state index < -0.39 is 0 Å². The van der Waals surface area contributed by atoms with Gasteiger partial charge in [-0.2, -0.15) is 0 Å². The van der Waals surface area contributed by atoms with Gasteiger partial charge in [0.05, 0.1) is 6.04 Å². The Labute approximate surface area is 156 Å². The van der Waals surface area contributed by atoms with E-state index in [0.29, 0.717) is 12.6 Å². The Hall–Kier alpha value is -2.29. The summed E-state index contributed by atoms with van der Waals surface area (Å²) in [7, 11) is 0. The summed E-state index contributed by atoms with van der Waals surface area (Å²) in [5, 5.41) is 0. The second-order valence-corrected chi connectivity index (χ2v) is 7.65. The van der Waals surface area contributed by atoms with Gasteiger partial charge < -0.3 is 4.74 Å². The standard InChI is InChI=1S/C23H27NO2/c25-23(26-17-18-9-3-1-4-10-18)24-21-14-8-7-11-19(15-21)16-22(24)20-12-5-2-6-13-20/h1-6,9-10,12-13,19,21-22H,7-8,11,14-17H2/t19-,21+,22+/m1/s1. The van der Waals surface area contributed by atoms with Gasteiger partial charge in [-0.25, -0.2) is 4.79 Å². The van der Waals surface area contributed by atoms with Gasteiger partial charge in [-0.15, -0.1) is 0 Å². The van der Waals surface area contributed by atoms with Crippen LogP contribution in [0.25, 0.3) is 0 Å². The number of piperidine rings is 1. The van der Waals surface area contributed by atoms with Crippen molar-refractivity contribution in [2.45, 2.75) is 57.2 Å². The van der Waals surface area contributed by atoms with Crippen LogP contribution in [0.4, 0.5) is 4.79 Å². The average molecular weight is 349 g/mol. The first-order valence-corrected chi connectivity index (χ1v) is 9.85. The lowest BCUT2D eigenvalue weighted by Gasteiger charge is -2.44. The van der Waals surface area contributed by atoms with Crippen molar-refractivity contribution >= 4 is 6.09 Å². The van der Waals surface area contributed by atoms with Crippen molar-refractivity contribution in [3.05, 3.63) is 71.8 Å². The number of nitrogens with zero attached hydrogens (tertiary/aromatic N) is 1. The number of benzene rings is 2. The summed E-state index contributed by atoms with van der Waals surface area (Å²) in [6.07, 6.45) is 6.92. The average Bonchev–Trinajstić information content (AvgIpc) is 2.89. The number of carbonyl (C=O) groups is 1. The van der Waals surface area contributed by atoms with Gasteiger partial charge in [0, 0.05) is 6.04 Å². The fourth-order valence-electron chi connectivity index (χ4n) is 4.63. The maximum Gasteiger partial charge on any atom is 0.410 e. The number of fused-ring (bicyclic) bond motifs is 2. The molecule has 3 atom stereocenters. The molecule has 26 heavy (non-hydrogen) atoms. The summed E-state index contributed by atoms with van der Waals surface area (Å²) in [5.74, 6) is 0.728. The van der Waals surface area contributed by atoms with E-state index in [1.165, 1.54) is 24.8 Å². The molecular weight excluding hydrogens is 322 g/mol. The second kappa shape index (κ2) is 7.94. The molecule has 2 fully saturated rings. The number of carbonyl (C=O) groups excluding carboxylic acids is 1. The first kappa shape index (κ1) is 17.1. The molecule has 0 radical (unpaired) electrons. The van der Waals surface area contributed by atoms with E-state index >= 15 is 0 Å². The maximum atomic E-state index is 13.1. The zero-order chi connectivity index (χ0) is 17.8. The molecule has 3 heteroatoms. The molecule has 1 saturated heterocycles. The SMILES string of the molecule is O=C(OCc1ccccc1)N1[C@H]2CCCC[C@H](C2)C[C@H]1c1ccccc1. The monoisotopic (exact) mass is 349 g/mol. The molecule has 0 spiro atoms. The van der Waals surface area contributed by atoms with Gasteiger partial charge in [-0.1, -0.05) is 79.9 Å². The van der Waals surface area contributed by atoms with E-state index in [1.807, 2.05) is 36.4 Å². The fourth-order valence-corrected chi connectivity index (χ4v) is 4.63. The van der Waals surface area contributed by atoms with Crippen LogP contribution >= 0.6 is 0 Å². The van der Waals surface area contributed by atoms with Crippen molar-refractivity contribution < 1.29 is 9.53 Å². The molecule has 4 rings (SSSR count). The molecule has 2 aromatic rings. The zero-order valence-corrected chi connectivity index (χ0v) is 15.2. The second-order valence-electron chi connectivity index (χ2n) is 7.65. The van der Waals surface area contributed by atoms with Crippen LogP contribution in [-0.2, 0) is 11.3 Å². The minimum Gasteiger partial charge on any atom is -0.445 e. The number of hydrogen-bond donors (Lipinski definition) is 0. The van der Waals surface area contributed by atoms with E-state index in [2.05, 4.69) is 29.2 Å². The van der Waals surface area contributed by atoms with E-state index in [9.17, 15) is 4.79 Å². The summed E-state index contributed by atoms with van der Waals surface area (Å²) in [4.78, 5) is 15.1. The summed E-state index contributed by atoms with van der Waals surface area (Å²) in [6.45, 7) is 0.341. The van der Waals surface area contributed by atoms with Gasteiger partial charge >= 0.3 is 6.09 Å². The van der Waals surface area contributed by atoms with Crippen LogP contribution in [0.3, 0.4) is 0 Å². The van der Waals surface area contributed by atoms with E-state index in [-0.39, 0.29) is 12.1 Å². The highest BCUT2D eigenvalue weighted by Crippen LogP contribution is 2.43. The van der Waals surface area contributed by atoms with Gasteiger partial charge in [-0.05, 0) is 36.3 Å². The molecule has 0 N–H and O–H groups in total. The van der Waals surface area contributed by atoms with Gasteiger partial charge in [0.15, 0.2) is 0 Å². The quantitative estimate of drug-likeness (QED) is 0.709. The van der Waals surface area contributed by atoms with Gasteiger partial charge in [0.1, 0.15) is 6.61 Å². The number of likely N-dealkylation sites (tertiary alicyclic amines) is 1. The third-order valence-electron chi connectivity index (χ3n) is 5.89. The first-order chi connectivity index (χ1) is 12.8. The number of rotatable bonds is 3. The molecule has 3 nitrogen and oxygen atoms in total. The number of hydrogen-bond acceptors (Lipinski definition) is 2. The maximum absolute atomic E-state index is 13.1. The lowest BCUT2D eigenvalue weighted by molar-refractivity contribution is 0.0268. The Kier molecular flexibility index (Phi) is 5.24. The molecule has 2 aliphatic rings. The molecule has 2 bridgehead atoms. The normalized spacial score (nSPS) is 25.4. The van der Waals surface area contributed by atoms with Crippen LogP contribution in [0.5, 0.6) is 0 Å². The molecule has 0 unspecified atom stereocenters. The van der Waals surface area contributed by atoms with Gasteiger partial charge in [0.25, 0.3) is 0 Å². The number of amides is 1. The summed E-state index contributed by atoms with van der Waals surface area (Å²) in [6, 6.07) is 20.9. The fraction of sp³-hybridized carbons (Fsp3) is 0.435. The largest absolute Gasteiger partial charge is 0.445 e. The molecule has 0 aromatic heterocycles. The Balaban J connectivity index is 1.55. The number of ether oxygens (including phenoxy) is 1. The van der Waals surface area contributed by atoms with E-state index in [4.69, 9.17) is 4.74 Å². The third kappa shape index (κ3) is 3.77. The van der Waals surface area contributed by atoms with Crippen molar-refractivity contribution in [2.75, 3.05) is 0 Å². The Morgan fingerprint density at radius 3 is 2.38 bits per heavy atom. The van der Waals surface area contributed by atoms with Gasteiger partial charge in [-0.3, -0.25) is 4.90 Å². The highest BCUT2D eigenvalue weighted by molar-refractivity contribution is 5.69. The lowest BCUT2D eigenvalue weighted by atomic mass is 9.82. The molecule has 2 aromatic carbocycles. The van der Waals surface area contributed by atoms with Gasteiger partial charge in [0.2, 0.25) is 0 Å². The first-order valence-electron chi connectivity index (χ1n) is 9.85. The van der Waals surface area contributed by atoms with E-state index in [1.54, 1.807) is 0 Å². The van der Waals surface area contributed by atoms with Crippen LogP contribution in [-0.4, -0.2) is 17.0 Å².